The normalized spacial score (nSPS) is 16.4. The minimum atomic E-state index is -1.14. The number of benzene rings is 2. The summed E-state index contributed by atoms with van der Waals surface area (Å²) in [5.41, 5.74) is 0.724. The predicted octanol–water partition coefficient (Wildman–Crippen LogP) is 2.92. The zero-order valence-electron chi connectivity index (χ0n) is 16.3. The van der Waals surface area contributed by atoms with E-state index in [1.165, 1.54) is 23.1 Å². The lowest BCUT2D eigenvalue weighted by Crippen LogP contribution is -2.52. The zero-order valence-corrected chi connectivity index (χ0v) is 16.3. The Morgan fingerprint density at radius 3 is 2.69 bits per heavy atom. The van der Waals surface area contributed by atoms with E-state index in [0.717, 1.165) is 0 Å². The number of hydrogen-bond donors (Lipinski definition) is 2. The van der Waals surface area contributed by atoms with Gasteiger partial charge in [0.05, 0.1) is 23.5 Å². The van der Waals surface area contributed by atoms with Gasteiger partial charge in [0, 0.05) is 0 Å². The molecule has 1 aliphatic rings. The van der Waals surface area contributed by atoms with E-state index >= 15 is 0 Å². The Morgan fingerprint density at radius 2 is 2.00 bits per heavy atom. The van der Waals surface area contributed by atoms with Crippen molar-refractivity contribution >= 4 is 29.2 Å². The van der Waals surface area contributed by atoms with Gasteiger partial charge < -0.3 is 19.9 Å². The van der Waals surface area contributed by atoms with E-state index < -0.39 is 29.9 Å². The smallest absolute Gasteiger partial charge is 0.335 e. The van der Waals surface area contributed by atoms with Crippen molar-refractivity contribution in [3.05, 3.63) is 48.0 Å². The van der Waals surface area contributed by atoms with Gasteiger partial charge in [-0.15, -0.1) is 0 Å². The van der Waals surface area contributed by atoms with E-state index in [1.54, 1.807) is 38.1 Å². The molecule has 3 rings (SSSR count). The second-order valence-corrected chi connectivity index (χ2v) is 6.55. The number of fused-ring (bicyclic) bond motifs is 1. The molecule has 0 aromatic heterocycles. The highest BCUT2D eigenvalue weighted by Gasteiger charge is 2.37. The molecule has 29 heavy (non-hydrogen) atoms. The van der Waals surface area contributed by atoms with Crippen LogP contribution in [0.1, 0.15) is 31.1 Å². The number of ether oxygens (including phenoxy) is 2. The number of nitrogens with zero attached hydrogens (tertiary/aromatic N) is 1. The monoisotopic (exact) mass is 398 g/mol. The summed E-state index contributed by atoms with van der Waals surface area (Å²) in [6.45, 7) is 5.43. The first-order valence-corrected chi connectivity index (χ1v) is 9.23. The highest BCUT2D eigenvalue weighted by molar-refractivity contribution is 6.08. The Morgan fingerprint density at radius 1 is 1.28 bits per heavy atom. The van der Waals surface area contributed by atoms with Crippen molar-refractivity contribution < 1.29 is 29.0 Å². The minimum Gasteiger partial charge on any atom is -0.492 e. The average Bonchev–Trinajstić information content (AvgIpc) is 2.69. The maximum Gasteiger partial charge on any atom is 0.335 e. The van der Waals surface area contributed by atoms with Crippen LogP contribution in [-0.2, 0) is 9.59 Å². The SMILES string of the molecule is CCOc1ccccc1NC(=O)C(C)N1C(=O)C(C)Oc2ccc(C(=O)O)cc21. The molecule has 1 aliphatic heterocycles. The molecule has 2 unspecified atom stereocenters. The predicted molar refractivity (Wildman–Crippen MR) is 107 cm³/mol. The van der Waals surface area contributed by atoms with Gasteiger partial charge in [-0.25, -0.2) is 4.79 Å². The van der Waals surface area contributed by atoms with Gasteiger partial charge in [0.15, 0.2) is 6.10 Å². The minimum absolute atomic E-state index is 0.00555. The van der Waals surface area contributed by atoms with Crippen molar-refractivity contribution in [3.63, 3.8) is 0 Å². The van der Waals surface area contributed by atoms with Crippen LogP contribution in [0.15, 0.2) is 42.5 Å². The Balaban J connectivity index is 1.93. The van der Waals surface area contributed by atoms with Crippen molar-refractivity contribution in [1.29, 1.82) is 0 Å². The number of anilines is 2. The van der Waals surface area contributed by atoms with Crippen LogP contribution in [0.25, 0.3) is 0 Å². The van der Waals surface area contributed by atoms with Crippen molar-refractivity contribution in [2.24, 2.45) is 0 Å². The number of rotatable bonds is 6. The van der Waals surface area contributed by atoms with Gasteiger partial charge >= 0.3 is 5.97 Å². The number of aromatic carboxylic acids is 1. The van der Waals surface area contributed by atoms with Crippen molar-refractivity contribution in [2.45, 2.75) is 32.9 Å². The van der Waals surface area contributed by atoms with Crippen molar-refractivity contribution in [1.82, 2.24) is 0 Å². The Bertz CT molecular complexity index is 958. The van der Waals surface area contributed by atoms with Gasteiger partial charge in [0.2, 0.25) is 5.91 Å². The maximum absolute atomic E-state index is 12.9. The van der Waals surface area contributed by atoms with Crippen LogP contribution in [0.2, 0.25) is 0 Å². The number of carboxylic acid groups (broad SMARTS) is 1. The maximum atomic E-state index is 12.9. The summed E-state index contributed by atoms with van der Waals surface area (Å²) in [5, 5.41) is 12.1. The third kappa shape index (κ3) is 4.01. The number of carbonyl (C=O) groups is 3. The van der Waals surface area contributed by atoms with Gasteiger partial charge in [-0.2, -0.15) is 0 Å². The van der Waals surface area contributed by atoms with E-state index in [2.05, 4.69) is 5.32 Å². The first kappa shape index (κ1) is 20.2. The molecule has 8 nitrogen and oxygen atoms in total. The summed E-state index contributed by atoms with van der Waals surface area (Å²) in [7, 11) is 0. The summed E-state index contributed by atoms with van der Waals surface area (Å²) in [6.07, 6.45) is -0.802. The lowest BCUT2D eigenvalue weighted by molar-refractivity contribution is -0.128. The van der Waals surface area contributed by atoms with Gasteiger partial charge in [0.25, 0.3) is 5.91 Å². The molecular weight excluding hydrogens is 376 g/mol. The molecule has 0 radical (unpaired) electrons. The molecule has 8 heteroatoms. The highest BCUT2D eigenvalue weighted by atomic mass is 16.5. The zero-order chi connectivity index (χ0) is 21.1. The standard InChI is InChI=1S/C21H22N2O6/c1-4-28-17-8-6-5-7-15(17)22-19(24)12(2)23-16-11-14(21(26)27)9-10-18(16)29-13(3)20(23)25/h5-13H,4H2,1-3H3,(H,22,24)(H,26,27). The number of hydrogen-bond acceptors (Lipinski definition) is 5. The second kappa shape index (κ2) is 8.22. The molecule has 2 aromatic rings. The topological polar surface area (TPSA) is 105 Å². The highest BCUT2D eigenvalue weighted by Crippen LogP contribution is 2.36. The van der Waals surface area contributed by atoms with Crippen LogP contribution in [0, 0.1) is 0 Å². The molecule has 0 bridgehead atoms. The number of nitrogens with one attached hydrogen (secondary N) is 1. The first-order valence-electron chi connectivity index (χ1n) is 9.23. The van der Waals surface area contributed by atoms with Gasteiger partial charge in [0.1, 0.15) is 17.5 Å². The molecule has 0 fully saturated rings. The van der Waals surface area contributed by atoms with E-state index in [-0.39, 0.29) is 11.3 Å². The van der Waals surface area contributed by atoms with Gasteiger partial charge in [-0.1, -0.05) is 12.1 Å². The molecule has 1 heterocycles. The van der Waals surface area contributed by atoms with Crippen LogP contribution in [0.5, 0.6) is 11.5 Å². The van der Waals surface area contributed by atoms with Crippen LogP contribution in [0.3, 0.4) is 0 Å². The van der Waals surface area contributed by atoms with E-state index in [4.69, 9.17) is 9.47 Å². The van der Waals surface area contributed by atoms with Gasteiger partial charge in [-0.3, -0.25) is 14.5 Å². The van der Waals surface area contributed by atoms with E-state index in [9.17, 15) is 19.5 Å². The molecule has 2 amide bonds. The summed E-state index contributed by atoms with van der Waals surface area (Å²) in [4.78, 5) is 38.3. The second-order valence-electron chi connectivity index (χ2n) is 6.55. The fraction of sp³-hybridized carbons (Fsp3) is 0.286. The molecule has 0 saturated heterocycles. The molecule has 2 aromatic carbocycles. The summed E-state index contributed by atoms with van der Waals surface area (Å²) in [5.74, 6) is -1.14. The fourth-order valence-corrected chi connectivity index (χ4v) is 3.10. The van der Waals surface area contributed by atoms with Crippen molar-refractivity contribution in [2.75, 3.05) is 16.8 Å². The van der Waals surface area contributed by atoms with E-state index in [0.29, 0.717) is 23.8 Å². The Kier molecular flexibility index (Phi) is 5.72. The lowest BCUT2D eigenvalue weighted by Gasteiger charge is -2.36. The summed E-state index contributed by atoms with van der Waals surface area (Å²) >= 11 is 0. The Labute approximate surface area is 168 Å². The molecule has 2 atom stereocenters. The lowest BCUT2D eigenvalue weighted by atomic mass is 10.1. The summed E-state index contributed by atoms with van der Waals surface area (Å²) in [6, 6.07) is 10.3. The number of carbonyl (C=O) groups excluding carboxylic acids is 2. The third-order valence-corrected chi connectivity index (χ3v) is 4.57. The largest absolute Gasteiger partial charge is 0.492 e. The van der Waals surface area contributed by atoms with E-state index in [1.807, 2.05) is 6.92 Å². The number of carboxylic acids is 1. The van der Waals surface area contributed by atoms with Crippen LogP contribution in [-0.4, -0.2) is 41.6 Å². The molecule has 2 N–H and O–H groups in total. The molecular formula is C21H22N2O6. The number of amides is 2. The van der Waals surface area contributed by atoms with Crippen LogP contribution < -0.4 is 19.7 Å². The molecule has 152 valence electrons. The molecule has 0 saturated carbocycles. The Hall–Kier alpha value is -3.55. The average molecular weight is 398 g/mol. The fourth-order valence-electron chi connectivity index (χ4n) is 3.10. The first-order chi connectivity index (χ1) is 13.8. The summed E-state index contributed by atoms with van der Waals surface area (Å²) < 4.78 is 11.1. The molecule has 0 aliphatic carbocycles. The quantitative estimate of drug-likeness (QED) is 0.775. The van der Waals surface area contributed by atoms with Crippen molar-refractivity contribution in [3.8, 4) is 11.5 Å². The van der Waals surface area contributed by atoms with Crippen LogP contribution >= 0.6 is 0 Å². The van der Waals surface area contributed by atoms with Gasteiger partial charge in [-0.05, 0) is 51.1 Å². The number of para-hydroxylation sites is 2. The molecule has 0 spiro atoms. The van der Waals surface area contributed by atoms with Crippen LogP contribution in [0.4, 0.5) is 11.4 Å². The third-order valence-electron chi connectivity index (χ3n) is 4.57.